The molecule has 0 aliphatic heterocycles. The number of amides is 1. The van der Waals surface area contributed by atoms with Gasteiger partial charge < -0.3 is 10.4 Å². The van der Waals surface area contributed by atoms with Crippen molar-refractivity contribution in [3.8, 4) is 0 Å². The molecule has 6 heteroatoms. The van der Waals surface area contributed by atoms with Crippen molar-refractivity contribution in [1.29, 1.82) is 0 Å². The number of hydrogen-bond donors (Lipinski definition) is 2. The standard InChI is InChI=1S/C15H20ClNO3S/c1-9(2)8-13(15(19)20)17-14(18)10(3)21-12-6-4-11(16)5-7-12/h4-7,9-10,13H,8H2,1-3H3,(H,17,18)(H,19,20)/t10-,13+/m0/s1. The van der Waals surface area contributed by atoms with Crippen molar-refractivity contribution >= 4 is 35.2 Å². The predicted octanol–water partition coefficient (Wildman–Crippen LogP) is 3.44. The summed E-state index contributed by atoms with van der Waals surface area (Å²) in [6, 6.07) is 6.34. The van der Waals surface area contributed by atoms with Gasteiger partial charge in [-0.3, -0.25) is 4.79 Å². The molecule has 0 bridgehead atoms. The first-order chi connectivity index (χ1) is 9.79. The molecule has 4 nitrogen and oxygen atoms in total. The van der Waals surface area contributed by atoms with Crippen molar-refractivity contribution in [2.45, 2.75) is 43.4 Å². The third-order valence-electron chi connectivity index (χ3n) is 2.82. The Kier molecular flexibility index (Phi) is 7.05. The van der Waals surface area contributed by atoms with Gasteiger partial charge >= 0.3 is 5.97 Å². The highest BCUT2D eigenvalue weighted by molar-refractivity contribution is 8.00. The number of carbonyl (C=O) groups excluding carboxylic acids is 1. The molecule has 1 aromatic carbocycles. The minimum Gasteiger partial charge on any atom is -0.480 e. The lowest BCUT2D eigenvalue weighted by atomic mass is 10.0. The van der Waals surface area contributed by atoms with E-state index in [1.165, 1.54) is 11.8 Å². The van der Waals surface area contributed by atoms with E-state index in [1.54, 1.807) is 19.1 Å². The number of benzene rings is 1. The molecule has 0 fully saturated rings. The van der Waals surface area contributed by atoms with Crippen LogP contribution in [0, 0.1) is 5.92 Å². The van der Waals surface area contributed by atoms with E-state index < -0.39 is 12.0 Å². The second kappa shape index (κ2) is 8.29. The molecule has 1 aromatic rings. The van der Waals surface area contributed by atoms with Crippen LogP contribution < -0.4 is 5.32 Å². The highest BCUT2D eigenvalue weighted by atomic mass is 35.5. The molecule has 0 saturated heterocycles. The minimum atomic E-state index is -0.999. The van der Waals surface area contributed by atoms with Gasteiger partial charge in [0.25, 0.3) is 0 Å². The first-order valence-corrected chi connectivity index (χ1v) is 8.00. The molecule has 0 unspecified atom stereocenters. The van der Waals surface area contributed by atoms with Crippen molar-refractivity contribution in [2.75, 3.05) is 0 Å². The maximum absolute atomic E-state index is 12.1. The topological polar surface area (TPSA) is 66.4 Å². The fourth-order valence-electron chi connectivity index (χ4n) is 1.75. The number of nitrogens with one attached hydrogen (secondary N) is 1. The van der Waals surface area contributed by atoms with Gasteiger partial charge in [0.15, 0.2) is 0 Å². The van der Waals surface area contributed by atoms with Gasteiger partial charge in [-0.1, -0.05) is 25.4 Å². The van der Waals surface area contributed by atoms with E-state index in [1.807, 2.05) is 26.0 Å². The molecule has 0 aliphatic rings. The van der Waals surface area contributed by atoms with E-state index in [2.05, 4.69) is 5.32 Å². The van der Waals surface area contributed by atoms with Crippen LogP contribution in [0.3, 0.4) is 0 Å². The van der Waals surface area contributed by atoms with Crippen molar-refractivity contribution < 1.29 is 14.7 Å². The highest BCUT2D eigenvalue weighted by Crippen LogP contribution is 2.25. The van der Waals surface area contributed by atoms with Gasteiger partial charge in [-0.05, 0) is 43.5 Å². The number of carbonyl (C=O) groups is 2. The molecular weight excluding hydrogens is 310 g/mol. The van der Waals surface area contributed by atoms with E-state index in [-0.39, 0.29) is 17.1 Å². The van der Waals surface area contributed by atoms with Gasteiger partial charge in [-0.15, -0.1) is 11.8 Å². The summed E-state index contributed by atoms with van der Waals surface area (Å²) in [5.41, 5.74) is 0. The van der Waals surface area contributed by atoms with Crippen molar-refractivity contribution in [2.24, 2.45) is 5.92 Å². The number of carboxylic acids is 1. The van der Waals surface area contributed by atoms with Crippen LogP contribution in [-0.4, -0.2) is 28.3 Å². The van der Waals surface area contributed by atoms with E-state index in [0.717, 1.165) is 4.90 Å². The number of thioether (sulfide) groups is 1. The Balaban J connectivity index is 2.60. The Morgan fingerprint density at radius 2 is 1.81 bits per heavy atom. The molecular formula is C15H20ClNO3S. The van der Waals surface area contributed by atoms with Crippen LogP contribution in [0.4, 0.5) is 0 Å². The van der Waals surface area contributed by atoms with E-state index >= 15 is 0 Å². The second-order valence-electron chi connectivity index (χ2n) is 5.24. The SMILES string of the molecule is CC(C)C[C@@H](NC(=O)[C@H](C)Sc1ccc(Cl)cc1)C(=O)O. The summed E-state index contributed by atoms with van der Waals surface area (Å²) < 4.78 is 0. The van der Waals surface area contributed by atoms with E-state index in [0.29, 0.717) is 11.4 Å². The van der Waals surface area contributed by atoms with E-state index in [4.69, 9.17) is 16.7 Å². The lowest BCUT2D eigenvalue weighted by Gasteiger charge is -2.19. The molecule has 0 spiro atoms. The monoisotopic (exact) mass is 329 g/mol. The van der Waals surface area contributed by atoms with Crippen LogP contribution in [0.25, 0.3) is 0 Å². The number of aliphatic carboxylic acids is 1. The molecule has 0 saturated carbocycles. The summed E-state index contributed by atoms with van der Waals surface area (Å²) in [4.78, 5) is 24.2. The summed E-state index contributed by atoms with van der Waals surface area (Å²) in [6.45, 7) is 5.60. The third kappa shape index (κ3) is 6.40. The Labute approximate surface area is 134 Å². The Hall–Kier alpha value is -1.20. The Morgan fingerprint density at radius 3 is 2.29 bits per heavy atom. The van der Waals surface area contributed by atoms with Crippen LogP contribution in [0.1, 0.15) is 27.2 Å². The maximum atomic E-state index is 12.1. The molecule has 2 N–H and O–H groups in total. The summed E-state index contributed by atoms with van der Waals surface area (Å²) in [5, 5.41) is 12.0. The quantitative estimate of drug-likeness (QED) is 0.752. The zero-order valence-electron chi connectivity index (χ0n) is 12.3. The molecule has 21 heavy (non-hydrogen) atoms. The van der Waals surface area contributed by atoms with Gasteiger partial charge in [-0.2, -0.15) is 0 Å². The average Bonchev–Trinajstić information content (AvgIpc) is 2.39. The van der Waals surface area contributed by atoms with Gasteiger partial charge in [0.2, 0.25) is 5.91 Å². The van der Waals surface area contributed by atoms with Gasteiger partial charge in [-0.25, -0.2) is 4.79 Å². The number of carboxylic acid groups (broad SMARTS) is 1. The smallest absolute Gasteiger partial charge is 0.326 e. The average molecular weight is 330 g/mol. The lowest BCUT2D eigenvalue weighted by Crippen LogP contribution is -2.44. The number of hydrogen-bond acceptors (Lipinski definition) is 3. The zero-order chi connectivity index (χ0) is 16.0. The number of rotatable bonds is 7. The van der Waals surface area contributed by atoms with Crippen molar-refractivity contribution in [1.82, 2.24) is 5.32 Å². The first kappa shape index (κ1) is 17.9. The maximum Gasteiger partial charge on any atom is 0.326 e. The van der Waals surface area contributed by atoms with Crippen molar-refractivity contribution in [3.63, 3.8) is 0 Å². The molecule has 1 rings (SSSR count). The van der Waals surface area contributed by atoms with Crippen LogP contribution >= 0.6 is 23.4 Å². The van der Waals surface area contributed by atoms with Gasteiger partial charge in [0.1, 0.15) is 6.04 Å². The zero-order valence-corrected chi connectivity index (χ0v) is 13.9. The predicted molar refractivity (Wildman–Crippen MR) is 85.8 cm³/mol. The van der Waals surface area contributed by atoms with Gasteiger partial charge in [0.05, 0.1) is 5.25 Å². The van der Waals surface area contributed by atoms with Crippen LogP contribution in [0.2, 0.25) is 5.02 Å². The van der Waals surface area contributed by atoms with Crippen LogP contribution in [0.5, 0.6) is 0 Å². The largest absolute Gasteiger partial charge is 0.480 e. The van der Waals surface area contributed by atoms with Crippen LogP contribution in [0.15, 0.2) is 29.2 Å². The van der Waals surface area contributed by atoms with Crippen molar-refractivity contribution in [3.05, 3.63) is 29.3 Å². The molecule has 0 heterocycles. The number of halogens is 1. The molecule has 116 valence electrons. The Bertz CT molecular complexity index is 490. The summed E-state index contributed by atoms with van der Waals surface area (Å²) >= 11 is 7.18. The Morgan fingerprint density at radius 1 is 1.24 bits per heavy atom. The second-order valence-corrected chi connectivity index (χ2v) is 7.09. The lowest BCUT2D eigenvalue weighted by molar-refractivity contribution is -0.142. The highest BCUT2D eigenvalue weighted by Gasteiger charge is 2.24. The third-order valence-corrected chi connectivity index (χ3v) is 4.18. The normalized spacial score (nSPS) is 13.8. The molecule has 0 aromatic heterocycles. The first-order valence-electron chi connectivity index (χ1n) is 6.75. The molecule has 0 aliphatic carbocycles. The summed E-state index contributed by atoms with van der Waals surface area (Å²) in [7, 11) is 0. The molecule has 1 amide bonds. The molecule has 0 radical (unpaired) electrons. The van der Waals surface area contributed by atoms with Crippen LogP contribution in [-0.2, 0) is 9.59 Å². The fourth-order valence-corrected chi connectivity index (χ4v) is 2.76. The van der Waals surface area contributed by atoms with E-state index in [9.17, 15) is 9.59 Å². The van der Waals surface area contributed by atoms with Gasteiger partial charge in [0, 0.05) is 9.92 Å². The molecule has 2 atom stereocenters. The summed E-state index contributed by atoms with van der Waals surface area (Å²) in [5.74, 6) is -1.07. The minimum absolute atomic E-state index is 0.200. The fraction of sp³-hybridized carbons (Fsp3) is 0.467. The summed E-state index contributed by atoms with van der Waals surface area (Å²) in [6.07, 6.45) is 0.416.